The van der Waals surface area contributed by atoms with Crippen LogP contribution in [-0.2, 0) is 6.54 Å². The molecule has 0 aliphatic carbocycles. The minimum absolute atomic E-state index is 0.000570. The van der Waals surface area contributed by atoms with Gasteiger partial charge >= 0.3 is 0 Å². The molecule has 104 valence electrons. The molecule has 20 heavy (non-hydrogen) atoms. The number of nitro groups is 1. The molecule has 0 atom stereocenters. The Bertz CT molecular complexity index is 665. The zero-order chi connectivity index (χ0) is 14.7. The number of nitro benzene ring substituents is 1. The molecule has 1 N–H and O–H groups in total. The first kappa shape index (κ1) is 14.2. The van der Waals surface area contributed by atoms with Gasteiger partial charge in [0.05, 0.1) is 16.2 Å². The van der Waals surface area contributed by atoms with Crippen LogP contribution in [0.4, 0.5) is 20.2 Å². The van der Waals surface area contributed by atoms with Crippen molar-refractivity contribution in [2.75, 3.05) is 5.32 Å². The summed E-state index contributed by atoms with van der Waals surface area (Å²) in [5.41, 5.74) is 0.247. The van der Waals surface area contributed by atoms with E-state index in [1.54, 1.807) is 0 Å². The van der Waals surface area contributed by atoms with Crippen molar-refractivity contribution in [3.05, 3.63) is 68.7 Å². The monoisotopic (exact) mass is 298 g/mol. The molecule has 0 aliphatic heterocycles. The van der Waals surface area contributed by atoms with Crippen LogP contribution in [0.3, 0.4) is 0 Å². The lowest BCUT2D eigenvalue weighted by molar-refractivity contribution is -0.385. The lowest BCUT2D eigenvalue weighted by Crippen LogP contribution is -2.04. The molecule has 2 aromatic rings. The molecule has 0 saturated heterocycles. The summed E-state index contributed by atoms with van der Waals surface area (Å²) in [5, 5.41) is 13.9. The van der Waals surface area contributed by atoms with Gasteiger partial charge in [0.15, 0.2) is 0 Å². The summed E-state index contributed by atoms with van der Waals surface area (Å²) in [4.78, 5) is 10.3. The van der Waals surface area contributed by atoms with Crippen LogP contribution in [0.1, 0.15) is 5.56 Å². The van der Waals surface area contributed by atoms with Gasteiger partial charge in [-0.1, -0.05) is 11.6 Å². The first-order chi connectivity index (χ1) is 9.47. The molecule has 0 unspecified atom stereocenters. The van der Waals surface area contributed by atoms with Crippen LogP contribution in [0.5, 0.6) is 0 Å². The highest BCUT2D eigenvalue weighted by atomic mass is 35.5. The zero-order valence-electron chi connectivity index (χ0n) is 10.1. The van der Waals surface area contributed by atoms with E-state index in [0.717, 1.165) is 12.1 Å². The Hall–Kier alpha value is -2.21. The largest absolute Gasteiger partial charge is 0.378 e. The number of anilines is 1. The maximum atomic E-state index is 13.4. The Morgan fingerprint density at radius 2 is 1.95 bits per heavy atom. The summed E-state index contributed by atoms with van der Waals surface area (Å²) in [6.07, 6.45) is 0. The van der Waals surface area contributed by atoms with Crippen molar-refractivity contribution >= 4 is 23.0 Å². The maximum Gasteiger partial charge on any atom is 0.274 e. The molecule has 7 heteroatoms. The highest BCUT2D eigenvalue weighted by Gasteiger charge is 2.14. The minimum Gasteiger partial charge on any atom is -0.378 e. The van der Waals surface area contributed by atoms with Crippen molar-refractivity contribution in [3.63, 3.8) is 0 Å². The molecule has 2 rings (SSSR count). The second kappa shape index (κ2) is 5.83. The third-order valence-electron chi connectivity index (χ3n) is 2.64. The number of rotatable bonds is 4. The van der Waals surface area contributed by atoms with Gasteiger partial charge in [-0.25, -0.2) is 8.78 Å². The van der Waals surface area contributed by atoms with E-state index in [0.29, 0.717) is 10.6 Å². The molecule has 4 nitrogen and oxygen atoms in total. The summed E-state index contributed by atoms with van der Waals surface area (Å²) in [7, 11) is 0. The quantitative estimate of drug-likeness (QED) is 0.682. The van der Waals surface area contributed by atoms with Crippen molar-refractivity contribution in [3.8, 4) is 0 Å². The van der Waals surface area contributed by atoms with Gasteiger partial charge in [-0.15, -0.1) is 0 Å². The van der Waals surface area contributed by atoms with E-state index < -0.39 is 16.6 Å². The van der Waals surface area contributed by atoms with E-state index in [-0.39, 0.29) is 17.9 Å². The van der Waals surface area contributed by atoms with Crippen LogP contribution in [0.2, 0.25) is 5.02 Å². The molecule has 0 aliphatic rings. The maximum absolute atomic E-state index is 13.4. The average molecular weight is 299 g/mol. The SMILES string of the molecule is O=[N+]([O-])c1ccc(Cl)cc1CNc1ccc(F)cc1F. The summed E-state index contributed by atoms with van der Waals surface area (Å²) in [6.45, 7) is -0.000570. The number of hydrogen-bond acceptors (Lipinski definition) is 3. The van der Waals surface area contributed by atoms with E-state index in [2.05, 4.69) is 5.32 Å². The molecule has 0 saturated carbocycles. The fourth-order valence-electron chi connectivity index (χ4n) is 1.70. The highest BCUT2D eigenvalue weighted by Crippen LogP contribution is 2.24. The van der Waals surface area contributed by atoms with Gasteiger partial charge in [-0.2, -0.15) is 0 Å². The van der Waals surface area contributed by atoms with E-state index in [4.69, 9.17) is 11.6 Å². The summed E-state index contributed by atoms with van der Waals surface area (Å²) in [5.74, 6) is -1.46. The third kappa shape index (κ3) is 3.21. The topological polar surface area (TPSA) is 55.2 Å². The van der Waals surface area contributed by atoms with Crippen molar-refractivity contribution in [1.82, 2.24) is 0 Å². The minimum atomic E-state index is -0.769. The van der Waals surface area contributed by atoms with Gasteiger partial charge in [-0.3, -0.25) is 10.1 Å². The zero-order valence-corrected chi connectivity index (χ0v) is 10.8. The van der Waals surface area contributed by atoms with Gasteiger partial charge in [0, 0.05) is 23.7 Å². The van der Waals surface area contributed by atoms with Gasteiger partial charge in [0.25, 0.3) is 5.69 Å². The van der Waals surface area contributed by atoms with Gasteiger partial charge < -0.3 is 5.32 Å². The lowest BCUT2D eigenvalue weighted by atomic mass is 10.1. The number of nitrogens with zero attached hydrogens (tertiary/aromatic N) is 1. The van der Waals surface area contributed by atoms with Crippen molar-refractivity contribution < 1.29 is 13.7 Å². The molecule has 0 bridgehead atoms. The molecular formula is C13H9ClF2N2O2. The number of halogens is 3. The van der Waals surface area contributed by atoms with Crippen molar-refractivity contribution in [2.45, 2.75) is 6.54 Å². The molecule has 0 spiro atoms. The van der Waals surface area contributed by atoms with E-state index in [1.807, 2.05) is 0 Å². The second-order valence-corrected chi connectivity index (χ2v) is 4.44. The summed E-state index contributed by atoms with van der Waals surface area (Å²) in [6, 6.07) is 7.16. The molecule has 0 heterocycles. The predicted octanol–water partition coefficient (Wildman–Crippen LogP) is 4.14. The smallest absolute Gasteiger partial charge is 0.274 e. The van der Waals surface area contributed by atoms with Gasteiger partial charge in [0.1, 0.15) is 11.6 Å². The Kier molecular flexibility index (Phi) is 4.14. The molecular weight excluding hydrogens is 290 g/mol. The summed E-state index contributed by atoms with van der Waals surface area (Å²) < 4.78 is 26.2. The molecule has 0 radical (unpaired) electrons. The Balaban J connectivity index is 2.22. The summed E-state index contributed by atoms with van der Waals surface area (Å²) >= 11 is 5.78. The van der Waals surface area contributed by atoms with Crippen LogP contribution in [0, 0.1) is 21.7 Å². The third-order valence-corrected chi connectivity index (χ3v) is 2.87. The van der Waals surface area contributed by atoms with Crippen LogP contribution >= 0.6 is 11.6 Å². The van der Waals surface area contributed by atoms with Crippen LogP contribution in [-0.4, -0.2) is 4.92 Å². The van der Waals surface area contributed by atoms with Crippen molar-refractivity contribution in [1.29, 1.82) is 0 Å². The fraction of sp³-hybridized carbons (Fsp3) is 0.0769. The van der Waals surface area contributed by atoms with Crippen LogP contribution in [0.15, 0.2) is 36.4 Å². The van der Waals surface area contributed by atoms with E-state index in [1.165, 1.54) is 24.3 Å². The van der Waals surface area contributed by atoms with Crippen LogP contribution < -0.4 is 5.32 Å². The lowest BCUT2D eigenvalue weighted by Gasteiger charge is -2.08. The van der Waals surface area contributed by atoms with E-state index in [9.17, 15) is 18.9 Å². The predicted molar refractivity (Wildman–Crippen MR) is 71.8 cm³/mol. The molecule has 0 amide bonds. The van der Waals surface area contributed by atoms with E-state index >= 15 is 0 Å². The second-order valence-electron chi connectivity index (χ2n) is 4.01. The Morgan fingerprint density at radius 3 is 2.60 bits per heavy atom. The van der Waals surface area contributed by atoms with Crippen LogP contribution in [0.25, 0.3) is 0 Å². The standard InChI is InChI=1S/C13H9ClF2N2O2/c14-9-1-4-13(18(19)20)8(5-9)7-17-12-3-2-10(15)6-11(12)16/h1-6,17H,7H2. The average Bonchev–Trinajstić information content (AvgIpc) is 2.37. The number of benzene rings is 2. The normalized spacial score (nSPS) is 10.3. The highest BCUT2D eigenvalue weighted by molar-refractivity contribution is 6.30. The number of hydrogen-bond donors (Lipinski definition) is 1. The Morgan fingerprint density at radius 1 is 1.20 bits per heavy atom. The first-order valence-corrected chi connectivity index (χ1v) is 5.97. The number of nitrogens with one attached hydrogen (secondary N) is 1. The molecule has 0 fully saturated rings. The van der Waals surface area contributed by atoms with Gasteiger partial charge in [0.2, 0.25) is 0 Å². The Labute approximate surface area is 118 Å². The molecule has 2 aromatic carbocycles. The fourth-order valence-corrected chi connectivity index (χ4v) is 1.89. The first-order valence-electron chi connectivity index (χ1n) is 5.59. The van der Waals surface area contributed by atoms with Gasteiger partial charge in [-0.05, 0) is 24.3 Å². The van der Waals surface area contributed by atoms with Crippen molar-refractivity contribution in [2.24, 2.45) is 0 Å². The molecule has 0 aromatic heterocycles.